The van der Waals surface area contributed by atoms with E-state index in [1.165, 1.54) is 5.57 Å². The van der Waals surface area contributed by atoms with E-state index in [-0.39, 0.29) is 12.1 Å². The van der Waals surface area contributed by atoms with Crippen LogP contribution in [-0.2, 0) is 4.84 Å². The maximum Gasteiger partial charge on any atom is 0.153 e. The minimum Gasteiger partial charge on any atom is -0.264 e. The highest BCUT2D eigenvalue weighted by molar-refractivity contribution is 5.41. The van der Waals surface area contributed by atoms with E-state index in [0.29, 0.717) is 0 Å². The van der Waals surface area contributed by atoms with Crippen molar-refractivity contribution in [1.29, 1.82) is 0 Å². The van der Waals surface area contributed by atoms with Crippen molar-refractivity contribution in [2.45, 2.75) is 39.8 Å². The van der Waals surface area contributed by atoms with Crippen molar-refractivity contribution in [3.63, 3.8) is 0 Å². The minimum atomic E-state index is 0.110. The monoisotopic (exact) mass is 218 g/mol. The average Bonchev–Trinajstić information content (AvgIpc) is 2.23. The summed E-state index contributed by atoms with van der Waals surface area (Å²) in [6, 6.07) is 6.22. The molecule has 0 saturated heterocycles. The second-order valence-electron chi connectivity index (χ2n) is 4.36. The Labute approximate surface area is 96.7 Å². The van der Waals surface area contributed by atoms with Gasteiger partial charge in [-0.2, -0.15) is 0 Å². The lowest BCUT2D eigenvalue weighted by Crippen LogP contribution is -2.41. The molecule has 0 aromatic carbocycles. The number of nitrogens with zero attached hydrogens (tertiary/aromatic N) is 2. The highest BCUT2D eigenvalue weighted by Gasteiger charge is 2.24. The third-order valence-electron chi connectivity index (χ3n) is 2.89. The molecule has 0 saturated carbocycles. The van der Waals surface area contributed by atoms with E-state index in [2.05, 4.69) is 24.9 Å². The zero-order valence-electron chi connectivity index (χ0n) is 10.3. The largest absolute Gasteiger partial charge is 0.264 e. The van der Waals surface area contributed by atoms with Gasteiger partial charge in [-0.15, -0.1) is 0 Å². The molecule has 2 atom stereocenters. The van der Waals surface area contributed by atoms with Crippen LogP contribution in [0.2, 0.25) is 0 Å². The van der Waals surface area contributed by atoms with Crippen LogP contribution < -0.4 is 5.06 Å². The quantitative estimate of drug-likeness (QED) is 0.678. The standard InChI is InChI=1S/C13H18N2O/c1-9-8-11(3)16-15(12(9)4)13-7-5-6-10(2)14-13/h5-8,11-12H,1-4H3/t11-,12+/m0/s1. The van der Waals surface area contributed by atoms with Gasteiger partial charge in [-0.05, 0) is 39.8 Å². The molecule has 2 rings (SSSR count). The van der Waals surface area contributed by atoms with E-state index in [0.717, 1.165) is 11.5 Å². The van der Waals surface area contributed by atoms with E-state index in [1.54, 1.807) is 0 Å². The van der Waals surface area contributed by atoms with Gasteiger partial charge < -0.3 is 0 Å². The number of pyridine rings is 1. The summed E-state index contributed by atoms with van der Waals surface area (Å²) in [5, 5.41) is 1.90. The molecule has 0 N–H and O–H groups in total. The summed E-state index contributed by atoms with van der Waals surface area (Å²) in [7, 11) is 0. The Balaban J connectivity index is 2.31. The third kappa shape index (κ3) is 2.09. The molecule has 1 aromatic rings. The molecule has 3 nitrogen and oxygen atoms in total. The number of aryl methyl sites for hydroxylation is 1. The molecule has 1 aliphatic rings. The highest BCUT2D eigenvalue weighted by atomic mass is 16.7. The molecule has 86 valence electrons. The van der Waals surface area contributed by atoms with Gasteiger partial charge in [0.05, 0.1) is 6.04 Å². The van der Waals surface area contributed by atoms with Crippen LogP contribution in [0.5, 0.6) is 0 Å². The third-order valence-corrected chi connectivity index (χ3v) is 2.89. The summed E-state index contributed by atoms with van der Waals surface area (Å²) in [6.45, 7) is 8.29. The maximum absolute atomic E-state index is 5.80. The molecule has 0 amide bonds. The number of hydroxylamine groups is 1. The first-order valence-electron chi connectivity index (χ1n) is 5.66. The van der Waals surface area contributed by atoms with Crippen molar-refractivity contribution in [1.82, 2.24) is 4.98 Å². The molecule has 0 spiro atoms. The summed E-state index contributed by atoms with van der Waals surface area (Å²) in [5.74, 6) is 0.881. The van der Waals surface area contributed by atoms with Crippen LogP contribution in [0.25, 0.3) is 0 Å². The number of anilines is 1. The number of aromatic nitrogens is 1. The molecular weight excluding hydrogens is 200 g/mol. The minimum absolute atomic E-state index is 0.110. The van der Waals surface area contributed by atoms with Crippen LogP contribution in [0.1, 0.15) is 26.5 Å². The fourth-order valence-electron chi connectivity index (χ4n) is 1.90. The smallest absolute Gasteiger partial charge is 0.153 e. The van der Waals surface area contributed by atoms with Crippen LogP contribution in [-0.4, -0.2) is 17.1 Å². The summed E-state index contributed by atoms with van der Waals surface area (Å²) >= 11 is 0. The Morgan fingerprint density at radius 2 is 2.00 bits per heavy atom. The van der Waals surface area contributed by atoms with Gasteiger partial charge >= 0.3 is 0 Å². The Morgan fingerprint density at radius 1 is 1.25 bits per heavy atom. The molecule has 1 aliphatic heterocycles. The number of hydrogen-bond acceptors (Lipinski definition) is 3. The summed E-state index contributed by atoms with van der Waals surface area (Å²) in [5.41, 5.74) is 2.33. The van der Waals surface area contributed by atoms with Gasteiger partial charge in [0.25, 0.3) is 0 Å². The van der Waals surface area contributed by atoms with Gasteiger partial charge in [0.1, 0.15) is 6.10 Å². The zero-order valence-corrected chi connectivity index (χ0v) is 10.3. The zero-order chi connectivity index (χ0) is 11.7. The van der Waals surface area contributed by atoms with Gasteiger partial charge in [0.2, 0.25) is 0 Å². The van der Waals surface area contributed by atoms with E-state index in [4.69, 9.17) is 4.84 Å². The summed E-state index contributed by atoms with van der Waals surface area (Å²) < 4.78 is 0. The molecular formula is C13H18N2O. The van der Waals surface area contributed by atoms with Crippen molar-refractivity contribution in [3.05, 3.63) is 35.5 Å². The van der Waals surface area contributed by atoms with Crippen molar-refractivity contribution in [2.75, 3.05) is 5.06 Å². The predicted molar refractivity (Wildman–Crippen MR) is 65.2 cm³/mol. The lowest BCUT2D eigenvalue weighted by atomic mass is 10.1. The molecule has 16 heavy (non-hydrogen) atoms. The Kier molecular flexibility index (Phi) is 2.97. The van der Waals surface area contributed by atoms with Crippen molar-refractivity contribution < 1.29 is 4.84 Å². The lowest BCUT2D eigenvalue weighted by Gasteiger charge is -2.35. The molecule has 3 heteroatoms. The number of rotatable bonds is 1. The van der Waals surface area contributed by atoms with Crippen molar-refractivity contribution in [2.24, 2.45) is 0 Å². The first kappa shape index (κ1) is 11.1. The van der Waals surface area contributed by atoms with E-state index in [9.17, 15) is 0 Å². The van der Waals surface area contributed by atoms with Crippen LogP contribution in [0.3, 0.4) is 0 Å². The summed E-state index contributed by atoms with van der Waals surface area (Å²) in [4.78, 5) is 10.3. The van der Waals surface area contributed by atoms with Gasteiger partial charge in [-0.1, -0.05) is 17.7 Å². The summed E-state index contributed by atoms with van der Waals surface area (Å²) in [6.07, 6.45) is 2.26. The molecule has 1 aromatic heterocycles. The second-order valence-corrected chi connectivity index (χ2v) is 4.36. The fraction of sp³-hybridized carbons (Fsp3) is 0.462. The van der Waals surface area contributed by atoms with Crippen LogP contribution in [0, 0.1) is 6.92 Å². The van der Waals surface area contributed by atoms with Crippen LogP contribution in [0.4, 0.5) is 5.82 Å². The Bertz CT molecular complexity index is 414. The van der Waals surface area contributed by atoms with Crippen molar-refractivity contribution in [3.8, 4) is 0 Å². The van der Waals surface area contributed by atoms with Crippen LogP contribution in [0.15, 0.2) is 29.8 Å². The Morgan fingerprint density at radius 3 is 2.69 bits per heavy atom. The first-order valence-corrected chi connectivity index (χ1v) is 5.66. The van der Waals surface area contributed by atoms with E-state index < -0.39 is 0 Å². The highest BCUT2D eigenvalue weighted by Crippen LogP contribution is 2.25. The molecule has 0 bridgehead atoms. The SMILES string of the molecule is CC1=C[C@H](C)ON(c2cccc(C)n2)[C@@H]1C. The molecule has 0 fully saturated rings. The molecule has 0 aliphatic carbocycles. The maximum atomic E-state index is 5.80. The van der Waals surface area contributed by atoms with Crippen LogP contribution >= 0.6 is 0 Å². The van der Waals surface area contributed by atoms with Gasteiger partial charge in [-0.25, -0.2) is 10.0 Å². The van der Waals surface area contributed by atoms with E-state index >= 15 is 0 Å². The predicted octanol–water partition coefficient (Wildman–Crippen LogP) is 2.86. The second kappa shape index (κ2) is 4.26. The van der Waals surface area contributed by atoms with Crippen molar-refractivity contribution >= 4 is 5.82 Å². The lowest BCUT2D eigenvalue weighted by molar-refractivity contribution is 0.0496. The Hall–Kier alpha value is -1.35. The van der Waals surface area contributed by atoms with Gasteiger partial charge in [0.15, 0.2) is 5.82 Å². The van der Waals surface area contributed by atoms with Gasteiger partial charge in [0, 0.05) is 5.69 Å². The van der Waals surface area contributed by atoms with Gasteiger partial charge in [-0.3, -0.25) is 4.84 Å². The average molecular weight is 218 g/mol. The topological polar surface area (TPSA) is 25.4 Å². The first-order chi connectivity index (χ1) is 7.58. The normalized spacial score (nSPS) is 25.5. The molecule has 0 unspecified atom stereocenters. The molecule has 2 heterocycles. The fourth-order valence-corrected chi connectivity index (χ4v) is 1.90. The molecule has 0 radical (unpaired) electrons. The van der Waals surface area contributed by atoms with E-state index in [1.807, 2.05) is 37.1 Å². The number of hydrogen-bond donors (Lipinski definition) is 0.